The lowest BCUT2D eigenvalue weighted by atomic mass is 9.78. The molecule has 2 aliphatic carbocycles. The Bertz CT molecular complexity index is 2330. The number of hydrogen-bond acceptors (Lipinski definition) is 1. The van der Waals surface area contributed by atoms with Crippen molar-refractivity contribution >= 4 is 27.8 Å². The zero-order valence-electron chi connectivity index (χ0n) is 29.1. The Morgan fingerprint density at radius 2 is 1.20 bits per heavy atom. The minimum Gasteiger partial charge on any atom is -0.309 e. The highest BCUT2D eigenvalue weighted by atomic mass is 15.1. The number of fused-ring (bicyclic) bond motifs is 4. The maximum Gasteiger partial charge on any atom is 0.0546 e. The van der Waals surface area contributed by atoms with Crippen molar-refractivity contribution in [2.75, 3.05) is 4.90 Å². The Balaban J connectivity index is 1.31. The highest BCUT2D eigenvalue weighted by molar-refractivity contribution is 6.06. The van der Waals surface area contributed by atoms with Crippen LogP contribution in [0.1, 0.15) is 68.6 Å². The van der Waals surface area contributed by atoms with Gasteiger partial charge in [-0.2, -0.15) is 0 Å². The molecule has 0 aliphatic heterocycles. The van der Waals surface area contributed by atoms with Crippen molar-refractivity contribution in [3.63, 3.8) is 0 Å². The highest BCUT2D eigenvalue weighted by Crippen LogP contribution is 2.55. The molecule has 7 aromatic carbocycles. The maximum atomic E-state index is 2.53. The molecule has 1 fully saturated rings. The summed E-state index contributed by atoms with van der Waals surface area (Å²) in [6.45, 7) is 4.86. The average Bonchev–Trinajstić information content (AvgIpc) is 3.41. The van der Waals surface area contributed by atoms with Crippen molar-refractivity contribution in [2.45, 2.75) is 57.3 Å². The predicted molar refractivity (Wildman–Crippen MR) is 213 cm³/mol. The molecular weight excluding hydrogens is 603 g/mol. The second kappa shape index (κ2) is 12.5. The lowest BCUT2D eigenvalue weighted by Crippen LogP contribution is -2.17. The average molecular weight is 646 g/mol. The Morgan fingerprint density at radius 1 is 0.500 bits per heavy atom. The third-order valence-electron chi connectivity index (χ3n) is 11.5. The van der Waals surface area contributed by atoms with Crippen molar-refractivity contribution < 1.29 is 0 Å². The van der Waals surface area contributed by atoms with E-state index in [9.17, 15) is 0 Å². The van der Waals surface area contributed by atoms with Crippen LogP contribution in [0.25, 0.3) is 44.2 Å². The molecule has 0 saturated heterocycles. The zero-order chi connectivity index (χ0) is 33.7. The third kappa shape index (κ3) is 5.07. The molecule has 1 saturated carbocycles. The van der Waals surface area contributed by atoms with Gasteiger partial charge in [0.15, 0.2) is 0 Å². The van der Waals surface area contributed by atoms with E-state index in [1.165, 1.54) is 104 Å². The Morgan fingerprint density at radius 3 is 2.00 bits per heavy atom. The van der Waals surface area contributed by atoms with Crippen LogP contribution < -0.4 is 4.90 Å². The van der Waals surface area contributed by atoms with Crippen molar-refractivity contribution in [1.82, 2.24) is 0 Å². The second-order valence-electron chi connectivity index (χ2n) is 14.7. The van der Waals surface area contributed by atoms with Crippen LogP contribution in [0.15, 0.2) is 158 Å². The topological polar surface area (TPSA) is 3.24 Å². The summed E-state index contributed by atoms with van der Waals surface area (Å²) in [7, 11) is 0. The van der Waals surface area contributed by atoms with E-state index in [4.69, 9.17) is 0 Å². The first-order valence-corrected chi connectivity index (χ1v) is 18.4. The molecule has 1 nitrogen and oxygen atoms in total. The summed E-state index contributed by atoms with van der Waals surface area (Å²) >= 11 is 0. The van der Waals surface area contributed by atoms with Gasteiger partial charge >= 0.3 is 0 Å². The molecule has 0 amide bonds. The fourth-order valence-electron chi connectivity index (χ4n) is 8.99. The van der Waals surface area contributed by atoms with E-state index in [0.717, 1.165) is 0 Å². The first-order chi connectivity index (χ1) is 24.6. The summed E-state index contributed by atoms with van der Waals surface area (Å²) in [5, 5.41) is 2.50. The van der Waals surface area contributed by atoms with Gasteiger partial charge in [-0.3, -0.25) is 0 Å². The second-order valence-corrected chi connectivity index (χ2v) is 14.7. The van der Waals surface area contributed by atoms with Gasteiger partial charge < -0.3 is 4.90 Å². The number of para-hydroxylation sites is 1. The molecule has 2 aliphatic rings. The van der Waals surface area contributed by atoms with E-state index in [1.54, 1.807) is 5.56 Å². The predicted octanol–water partition coefficient (Wildman–Crippen LogP) is 14.0. The van der Waals surface area contributed by atoms with Gasteiger partial charge in [-0.25, -0.2) is 0 Å². The van der Waals surface area contributed by atoms with E-state index in [-0.39, 0.29) is 5.41 Å². The minimum atomic E-state index is -0.110. The van der Waals surface area contributed by atoms with Crippen LogP contribution in [0.3, 0.4) is 0 Å². The van der Waals surface area contributed by atoms with E-state index >= 15 is 0 Å². The SMILES string of the molecule is CC1(C)c2cc(N(c3ccccc3-c3ccccc3)c3ccc4ccccc4c3-c3ccccc3)ccc2-c2c(C3CCCCC3)cccc21. The molecule has 0 bridgehead atoms. The minimum absolute atomic E-state index is 0.110. The summed E-state index contributed by atoms with van der Waals surface area (Å²) in [5.41, 5.74) is 15.7. The van der Waals surface area contributed by atoms with E-state index in [0.29, 0.717) is 5.92 Å². The summed E-state index contributed by atoms with van der Waals surface area (Å²) in [4.78, 5) is 2.53. The molecular formula is C49H43N. The molecule has 7 aromatic rings. The summed E-state index contributed by atoms with van der Waals surface area (Å²) < 4.78 is 0. The summed E-state index contributed by atoms with van der Waals surface area (Å²) in [6.07, 6.45) is 6.66. The number of nitrogens with zero attached hydrogens (tertiary/aromatic N) is 1. The number of hydrogen-bond donors (Lipinski definition) is 0. The molecule has 0 heterocycles. The van der Waals surface area contributed by atoms with Crippen LogP contribution in [0.2, 0.25) is 0 Å². The molecule has 0 atom stereocenters. The van der Waals surface area contributed by atoms with Gasteiger partial charge in [0.1, 0.15) is 0 Å². The zero-order valence-corrected chi connectivity index (χ0v) is 29.1. The molecule has 9 rings (SSSR count). The fraction of sp³-hybridized carbons (Fsp3) is 0.184. The Labute approximate surface area is 296 Å². The molecule has 0 unspecified atom stereocenters. The van der Waals surface area contributed by atoms with E-state index in [2.05, 4.69) is 176 Å². The van der Waals surface area contributed by atoms with Gasteiger partial charge in [0.2, 0.25) is 0 Å². The van der Waals surface area contributed by atoms with E-state index in [1.807, 2.05) is 0 Å². The number of rotatable bonds is 6. The highest BCUT2D eigenvalue weighted by Gasteiger charge is 2.38. The smallest absolute Gasteiger partial charge is 0.0546 e. The first kappa shape index (κ1) is 30.6. The number of anilines is 3. The summed E-state index contributed by atoms with van der Waals surface area (Å²) in [6, 6.07) is 58.6. The normalized spacial score (nSPS) is 15.1. The quantitative estimate of drug-likeness (QED) is 0.174. The van der Waals surface area contributed by atoms with Crippen LogP contribution in [0.4, 0.5) is 17.1 Å². The monoisotopic (exact) mass is 645 g/mol. The molecule has 244 valence electrons. The molecule has 0 aromatic heterocycles. The van der Waals surface area contributed by atoms with Crippen molar-refractivity contribution in [3.8, 4) is 33.4 Å². The lowest BCUT2D eigenvalue weighted by molar-refractivity contribution is 0.444. The molecule has 0 spiro atoms. The molecule has 50 heavy (non-hydrogen) atoms. The fourth-order valence-corrected chi connectivity index (χ4v) is 8.99. The van der Waals surface area contributed by atoms with Crippen LogP contribution in [0.5, 0.6) is 0 Å². The van der Waals surface area contributed by atoms with Gasteiger partial charge in [0.05, 0.1) is 11.4 Å². The van der Waals surface area contributed by atoms with Gasteiger partial charge in [-0.15, -0.1) is 0 Å². The number of benzene rings is 7. The third-order valence-corrected chi connectivity index (χ3v) is 11.5. The van der Waals surface area contributed by atoms with Gasteiger partial charge in [0.25, 0.3) is 0 Å². The van der Waals surface area contributed by atoms with Crippen LogP contribution >= 0.6 is 0 Å². The Hall–Kier alpha value is -5.40. The van der Waals surface area contributed by atoms with Gasteiger partial charge in [0, 0.05) is 22.2 Å². The van der Waals surface area contributed by atoms with Gasteiger partial charge in [-0.1, -0.05) is 167 Å². The van der Waals surface area contributed by atoms with Crippen LogP contribution in [0, 0.1) is 0 Å². The summed E-state index contributed by atoms with van der Waals surface area (Å²) in [5.74, 6) is 0.653. The Kier molecular flexibility index (Phi) is 7.65. The molecule has 0 N–H and O–H groups in total. The molecule has 1 heteroatoms. The lowest BCUT2D eigenvalue weighted by Gasteiger charge is -2.32. The molecule has 0 radical (unpaired) electrons. The van der Waals surface area contributed by atoms with Crippen molar-refractivity contribution in [3.05, 3.63) is 174 Å². The maximum absolute atomic E-state index is 2.53. The van der Waals surface area contributed by atoms with Crippen LogP contribution in [-0.2, 0) is 5.41 Å². The van der Waals surface area contributed by atoms with E-state index < -0.39 is 0 Å². The van der Waals surface area contributed by atoms with Crippen molar-refractivity contribution in [1.29, 1.82) is 0 Å². The van der Waals surface area contributed by atoms with Crippen molar-refractivity contribution in [2.24, 2.45) is 0 Å². The standard InChI is InChI=1S/C49H43N/c1-49(2)43-27-16-26-41(35-19-8-4-9-20-35)48(43)42-31-30-38(33-44(42)49)50(45-28-15-14-24-39(45)34-17-6-3-7-18-34)46-32-29-36-21-12-13-25-40(36)47(46)37-22-10-5-11-23-37/h3,5-7,10-18,21-33,35H,4,8-9,19-20H2,1-2H3. The largest absolute Gasteiger partial charge is 0.309 e. The van der Waals surface area contributed by atoms with Gasteiger partial charge in [-0.05, 0) is 92.7 Å². The first-order valence-electron chi connectivity index (χ1n) is 18.4. The van der Waals surface area contributed by atoms with Crippen LogP contribution in [-0.4, -0.2) is 0 Å².